The fourth-order valence-electron chi connectivity index (χ4n) is 2.42. The molecule has 4 nitrogen and oxygen atoms in total. The fourth-order valence-corrected chi connectivity index (χ4v) is 4.01. The van der Waals surface area contributed by atoms with E-state index in [9.17, 15) is 21.6 Å². The van der Waals surface area contributed by atoms with Crippen LogP contribution in [0.3, 0.4) is 0 Å². The number of benzene rings is 1. The van der Waals surface area contributed by atoms with Gasteiger partial charge in [-0.15, -0.1) is 0 Å². The summed E-state index contributed by atoms with van der Waals surface area (Å²) in [5.41, 5.74) is -0.0983. The van der Waals surface area contributed by atoms with Crippen molar-refractivity contribution in [2.75, 3.05) is 6.61 Å². The molecular weight excluding hydrogens is 367 g/mol. The molecule has 0 spiro atoms. The Bertz CT molecular complexity index is 906. The van der Waals surface area contributed by atoms with Crippen molar-refractivity contribution < 1.29 is 26.3 Å². The molecule has 1 aromatic carbocycles. The van der Waals surface area contributed by atoms with Crippen molar-refractivity contribution >= 4 is 9.84 Å². The maximum absolute atomic E-state index is 13.0. The summed E-state index contributed by atoms with van der Waals surface area (Å²) in [5.74, 6) is 0.0374. The van der Waals surface area contributed by atoms with Gasteiger partial charge in [-0.1, -0.05) is 19.9 Å². The number of hydrogen-bond acceptors (Lipinski definition) is 4. The number of nitrogens with zero attached hydrogens (tertiary/aromatic N) is 1. The molecule has 0 aliphatic carbocycles. The zero-order valence-corrected chi connectivity index (χ0v) is 15.7. The molecule has 142 valence electrons. The lowest BCUT2D eigenvalue weighted by Crippen LogP contribution is -2.14. The molecule has 0 N–H and O–H groups in total. The number of ether oxygens (including phenoxy) is 1. The number of alkyl halides is 3. The van der Waals surface area contributed by atoms with Crippen molar-refractivity contribution in [3.63, 3.8) is 0 Å². The standard InChI is InChI=1S/C18H20F3NO3S/c1-11(2)10-25-17-16(12(3)8-13(4)22-17)26(23,24)15-7-5-6-14(9-15)18(19,20)21/h5-9,11H,10H2,1-4H3. The van der Waals surface area contributed by atoms with Gasteiger partial charge in [0.2, 0.25) is 15.7 Å². The molecule has 0 saturated carbocycles. The highest BCUT2D eigenvalue weighted by molar-refractivity contribution is 7.91. The molecule has 0 unspecified atom stereocenters. The van der Waals surface area contributed by atoms with E-state index in [-0.39, 0.29) is 23.3 Å². The van der Waals surface area contributed by atoms with Crippen molar-refractivity contribution in [2.24, 2.45) is 5.92 Å². The lowest BCUT2D eigenvalue weighted by atomic mass is 10.2. The normalized spacial score (nSPS) is 12.5. The van der Waals surface area contributed by atoms with Crippen LogP contribution in [0, 0.1) is 19.8 Å². The molecular formula is C18H20F3NO3S. The van der Waals surface area contributed by atoms with Gasteiger partial charge in [0.15, 0.2) is 0 Å². The zero-order chi connectivity index (χ0) is 19.7. The number of pyridine rings is 1. The van der Waals surface area contributed by atoms with Gasteiger partial charge >= 0.3 is 6.18 Å². The summed E-state index contributed by atoms with van der Waals surface area (Å²) in [6, 6.07) is 5.22. The van der Waals surface area contributed by atoms with Crippen LogP contribution in [-0.4, -0.2) is 20.0 Å². The highest BCUT2D eigenvalue weighted by atomic mass is 32.2. The summed E-state index contributed by atoms with van der Waals surface area (Å²) in [5, 5.41) is 0. The van der Waals surface area contributed by atoms with Gasteiger partial charge in [0.25, 0.3) is 0 Å². The lowest BCUT2D eigenvalue weighted by Gasteiger charge is -2.16. The Morgan fingerprint density at radius 3 is 2.38 bits per heavy atom. The highest BCUT2D eigenvalue weighted by Crippen LogP contribution is 2.35. The topological polar surface area (TPSA) is 56.3 Å². The van der Waals surface area contributed by atoms with E-state index in [2.05, 4.69) is 4.98 Å². The average molecular weight is 387 g/mol. The van der Waals surface area contributed by atoms with Crippen LogP contribution in [0.4, 0.5) is 13.2 Å². The first-order valence-electron chi connectivity index (χ1n) is 7.96. The largest absolute Gasteiger partial charge is 0.476 e. The smallest absolute Gasteiger partial charge is 0.416 e. The number of halogens is 3. The van der Waals surface area contributed by atoms with Gasteiger partial charge in [-0.25, -0.2) is 13.4 Å². The second-order valence-electron chi connectivity index (χ2n) is 6.45. The van der Waals surface area contributed by atoms with Crippen LogP contribution >= 0.6 is 0 Å². The molecule has 2 rings (SSSR count). The molecule has 1 heterocycles. The monoisotopic (exact) mass is 387 g/mol. The first kappa shape index (κ1) is 20.2. The Morgan fingerprint density at radius 2 is 1.81 bits per heavy atom. The Morgan fingerprint density at radius 1 is 1.15 bits per heavy atom. The first-order chi connectivity index (χ1) is 11.9. The second kappa shape index (κ2) is 7.26. The lowest BCUT2D eigenvalue weighted by molar-refractivity contribution is -0.137. The average Bonchev–Trinajstić information content (AvgIpc) is 2.51. The molecule has 0 aliphatic rings. The molecule has 26 heavy (non-hydrogen) atoms. The molecule has 0 atom stereocenters. The molecule has 2 aromatic rings. The molecule has 0 fully saturated rings. The molecule has 0 bridgehead atoms. The maximum Gasteiger partial charge on any atom is 0.416 e. The number of rotatable bonds is 5. The molecule has 8 heteroatoms. The molecule has 0 radical (unpaired) electrons. The van der Waals surface area contributed by atoms with Gasteiger partial charge in [-0.3, -0.25) is 0 Å². The molecule has 0 amide bonds. The van der Waals surface area contributed by atoms with Crippen molar-refractivity contribution in [1.29, 1.82) is 0 Å². The van der Waals surface area contributed by atoms with Gasteiger partial charge in [0, 0.05) is 5.69 Å². The summed E-state index contributed by atoms with van der Waals surface area (Å²) in [7, 11) is -4.24. The van der Waals surface area contributed by atoms with Crippen molar-refractivity contribution in [2.45, 2.75) is 43.7 Å². The van der Waals surface area contributed by atoms with E-state index < -0.39 is 26.5 Å². The van der Waals surface area contributed by atoms with E-state index >= 15 is 0 Å². The first-order valence-corrected chi connectivity index (χ1v) is 9.44. The van der Waals surface area contributed by atoms with E-state index in [4.69, 9.17) is 4.74 Å². The third-order valence-corrected chi connectivity index (χ3v) is 5.46. The Kier molecular flexibility index (Phi) is 5.65. The van der Waals surface area contributed by atoms with Crippen LogP contribution in [0.5, 0.6) is 5.88 Å². The molecule has 0 saturated heterocycles. The minimum absolute atomic E-state index is 0.0892. The van der Waals surface area contributed by atoms with E-state index in [0.29, 0.717) is 17.3 Å². The van der Waals surface area contributed by atoms with Crippen LogP contribution in [0.15, 0.2) is 40.1 Å². The SMILES string of the molecule is Cc1cc(C)c(S(=O)(=O)c2cccc(C(F)(F)F)c2)c(OCC(C)C)n1. The predicted molar refractivity (Wildman–Crippen MR) is 90.9 cm³/mol. The summed E-state index contributed by atoms with van der Waals surface area (Å²) >= 11 is 0. The predicted octanol–water partition coefficient (Wildman–Crippen LogP) is 4.58. The van der Waals surface area contributed by atoms with E-state index in [0.717, 1.165) is 18.2 Å². The maximum atomic E-state index is 13.0. The van der Waals surface area contributed by atoms with E-state index in [1.165, 1.54) is 0 Å². The van der Waals surface area contributed by atoms with Gasteiger partial charge in [-0.05, 0) is 49.6 Å². The zero-order valence-electron chi connectivity index (χ0n) is 14.9. The Hall–Kier alpha value is -2.09. The minimum atomic E-state index is -4.64. The summed E-state index contributed by atoms with van der Waals surface area (Å²) in [6.07, 6.45) is -4.64. The van der Waals surface area contributed by atoms with Crippen molar-refractivity contribution in [1.82, 2.24) is 4.98 Å². The number of sulfone groups is 1. The van der Waals surface area contributed by atoms with E-state index in [1.54, 1.807) is 19.9 Å². The van der Waals surface area contributed by atoms with Crippen LogP contribution in [0.25, 0.3) is 0 Å². The third-order valence-electron chi connectivity index (χ3n) is 3.55. The Balaban J connectivity index is 2.63. The van der Waals surface area contributed by atoms with Gasteiger partial charge in [-0.2, -0.15) is 13.2 Å². The fraction of sp³-hybridized carbons (Fsp3) is 0.389. The van der Waals surface area contributed by atoms with Gasteiger partial charge in [0.05, 0.1) is 17.1 Å². The van der Waals surface area contributed by atoms with Crippen LogP contribution < -0.4 is 4.74 Å². The number of hydrogen-bond donors (Lipinski definition) is 0. The van der Waals surface area contributed by atoms with Gasteiger partial charge in [0.1, 0.15) is 4.90 Å². The van der Waals surface area contributed by atoms with Crippen molar-refractivity contribution in [3.8, 4) is 5.88 Å². The van der Waals surface area contributed by atoms with E-state index in [1.807, 2.05) is 13.8 Å². The highest BCUT2D eigenvalue weighted by Gasteiger charge is 2.33. The third kappa shape index (κ3) is 4.35. The van der Waals surface area contributed by atoms with Crippen LogP contribution in [-0.2, 0) is 16.0 Å². The minimum Gasteiger partial charge on any atom is -0.476 e. The number of aryl methyl sites for hydroxylation is 2. The molecule has 1 aromatic heterocycles. The van der Waals surface area contributed by atoms with Gasteiger partial charge < -0.3 is 4.74 Å². The Labute approximate surface area is 150 Å². The van der Waals surface area contributed by atoms with Crippen LogP contribution in [0.2, 0.25) is 0 Å². The molecule has 0 aliphatic heterocycles. The summed E-state index contributed by atoms with van der Waals surface area (Å²) < 4.78 is 70.4. The van der Waals surface area contributed by atoms with Crippen LogP contribution in [0.1, 0.15) is 30.7 Å². The second-order valence-corrected chi connectivity index (χ2v) is 8.34. The summed E-state index contributed by atoms with van der Waals surface area (Å²) in [6.45, 7) is 7.28. The quantitative estimate of drug-likeness (QED) is 0.753. The number of aromatic nitrogens is 1. The van der Waals surface area contributed by atoms with Crippen molar-refractivity contribution in [3.05, 3.63) is 47.2 Å². The summed E-state index contributed by atoms with van der Waals surface area (Å²) in [4.78, 5) is 3.49.